The van der Waals surface area contributed by atoms with Gasteiger partial charge in [0.05, 0.1) is 5.69 Å². The topological polar surface area (TPSA) is 39.1 Å². The van der Waals surface area contributed by atoms with Crippen LogP contribution in [0.5, 0.6) is 0 Å². The molecule has 0 aromatic carbocycles. The third-order valence-corrected chi connectivity index (χ3v) is 3.83. The molecule has 1 heterocycles. The molecule has 1 aliphatic rings. The van der Waals surface area contributed by atoms with Crippen LogP contribution in [0, 0.1) is 6.92 Å². The lowest BCUT2D eigenvalue weighted by atomic mass is 10.1. The van der Waals surface area contributed by atoms with Gasteiger partial charge in [0.2, 0.25) is 5.95 Å². The number of nitrogens with zero attached hydrogens (tertiary/aromatic N) is 2. The fourth-order valence-corrected chi connectivity index (χ4v) is 2.82. The summed E-state index contributed by atoms with van der Waals surface area (Å²) in [4.78, 5) is 4.63. The van der Waals surface area contributed by atoms with E-state index in [1.54, 1.807) is 7.11 Å². The highest BCUT2D eigenvalue weighted by atomic mass is 16.5. The molecule has 4 nitrogen and oxygen atoms in total. The van der Waals surface area contributed by atoms with Crippen molar-refractivity contribution in [2.75, 3.05) is 19.0 Å². The molecule has 1 saturated carbocycles. The van der Waals surface area contributed by atoms with E-state index in [1.807, 2.05) is 0 Å². The first-order valence-corrected chi connectivity index (χ1v) is 7.59. The van der Waals surface area contributed by atoms with Gasteiger partial charge < -0.3 is 14.6 Å². The Morgan fingerprint density at radius 1 is 1.32 bits per heavy atom. The van der Waals surface area contributed by atoms with Crippen molar-refractivity contribution >= 4 is 5.95 Å². The first-order valence-electron chi connectivity index (χ1n) is 7.59. The summed E-state index contributed by atoms with van der Waals surface area (Å²) in [7, 11) is 1.75. The molecule has 19 heavy (non-hydrogen) atoms. The number of rotatable bonds is 6. The minimum absolute atomic E-state index is 0.602. The monoisotopic (exact) mass is 265 g/mol. The molecule has 0 aliphatic heterocycles. The van der Waals surface area contributed by atoms with Crippen LogP contribution in [0.4, 0.5) is 5.95 Å². The minimum Gasteiger partial charge on any atom is -0.385 e. The standard InChI is InChI=1S/C15H27N3O/c1-13-12-18(10-7-11-19-2)15(16-13)17-14-8-5-3-4-6-9-14/h12,14H,3-11H2,1-2H3,(H,16,17). The Labute approximate surface area is 116 Å². The zero-order valence-electron chi connectivity index (χ0n) is 12.3. The number of nitrogens with one attached hydrogen (secondary N) is 1. The lowest BCUT2D eigenvalue weighted by molar-refractivity contribution is 0.190. The summed E-state index contributed by atoms with van der Waals surface area (Å²) in [6.07, 6.45) is 11.2. The van der Waals surface area contributed by atoms with Gasteiger partial charge in [-0.05, 0) is 26.2 Å². The van der Waals surface area contributed by atoms with Gasteiger partial charge in [-0.3, -0.25) is 0 Å². The van der Waals surface area contributed by atoms with Crippen LogP contribution in [0.1, 0.15) is 50.6 Å². The Balaban J connectivity index is 1.93. The number of ether oxygens (including phenoxy) is 1. The van der Waals surface area contributed by atoms with E-state index in [0.29, 0.717) is 6.04 Å². The van der Waals surface area contributed by atoms with Crippen LogP contribution in [-0.2, 0) is 11.3 Å². The molecule has 0 spiro atoms. The van der Waals surface area contributed by atoms with Crippen molar-refractivity contribution in [2.45, 2.75) is 64.5 Å². The van der Waals surface area contributed by atoms with Crippen LogP contribution in [0.2, 0.25) is 0 Å². The van der Waals surface area contributed by atoms with Gasteiger partial charge in [0.1, 0.15) is 0 Å². The third kappa shape index (κ3) is 4.53. The second-order valence-electron chi connectivity index (χ2n) is 5.58. The quantitative estimate of drug-likeness (QED) is 0.633. The van der Waals surface area contributed by atoms with Crippen molar-refractivity contribution in [1.29, 1.82) is 0 Å². The average Bonchev–Trinajstić information content (AvgIpc) is 2.60. The predicted molar refractivity (Wildman–Crippen MR) is 78.6 cm³/mol. The van der Waals surface area contributed by atoms with Gasteiger partial charge in [0.25, 0.3) is 0 Å². The van der Waals surface area contributed by atoms with Gasteiger partial charge in [-0.25, -0.2) is 4.98 Å². The largest absolute Gasteiger partial charge is 0.385 e. The van der Waals surface area contributed by atoms with Crippen molar-refractivity contribution in [3.8, 4) is 0 Å². The van der Waals surface area contributed by atoms with E-state index in [9.17, 15) is 0 Å². The van der Waals surface area contributed by atoms with E-state index < -0.39 is 0 Å². The molecule has 1 aliphatic carbocycles. The number of anilines is 1. The van der Waals surface area contributed by atoms with Gasteiger partial charge >= 0.3 is 0 Å². The van der Waals surface area contributed by atoms with Crippen molar-refractivity contribution in [2.24, 2.45) is 0 Å². The molecule has 1 aromatic heterocycles. The Morgan fingerprint density at radius 2 is 2.05 bits per heavy atom. The molecule has 0 bridgehead atoms. The molecule has 0 amide bonds. The van der Waals surface area contributed by atoms with Crippen LogP contribution >= 0.6 is 0 Å². The van der Waals surface area contributed by atoms with E-state index in [1.165, 1.54) is 38.5 Å². The van der Waals surface area contributed by atoms with Crippen LogP contribution in [0.15, 0.2) is 6.20 Å². The first-order chi connectivity index (χ1) is 9.29. The van der Waals surface area contributed by atoms with Gasteiger partial charge in [0, 0.05) is 32.5 Å². The van der Waals surface area contributed by atoms with E-state index in [-0.39, 0.29) is 0 Å². The molecule has 1 aromatic rings. The highest BCUT2D eigenvalue weighted by molar-refractivity contribution is 5.30. The maximum Gasteiger partial charge on any atom is 0.203 e. The fourth-order valence-electron chi connectivity index (χ4n) is 2.82. The number of methoxy groups -OCH3 is 1. The van der Waals surface area contributed by atoms with Crippen LogP contribution in [-0.4, -0.2) is 29.3 Å². The maximum absolute atomic E-state index is 5.12. The van der Waals surface area contributed by atoms with Crippen molar-refractivity contribution < 1.29 is 4.74 Å². The summed E-state index contributed by atoms with van der Waals surface area (Å²) in [5.74, 6) is 1.04. The SMILES string of the molecule is COCCCn1cc(C)nc1NC1CCCCCC1. The molecule has 0 unspecified atom stereocenters. The van der Waals surface area contributed by atoms with E-state index in [4.69, 9.17) is 4.74 Å². The molecule has 1 N–H and O–H groups in total. The summed E-state index contributed by atoms with van der Waals surface area (Å²) in [5, 5.41) is 3.65. The van der Waals surface area contributed by atoms with Crippen LogP contribution in [0.3, 0.4) is 0 Å². The van der Waals surface area contributed by atoms with Crippen LogP contribution < -0.4 is 5.32 Å². The molecule has 4 heteroatoms. The summed E-state index contributed by atoms with van der Waals surface area (Å²) in [5.41, 5.74) is 1.09. The van der Waals surface area contributed by atoms with E-state index in [0.717, 1.165) is 31.2 Å². The Hall–Kier alpha value is -1.03. The molecule has 2 rings (SSSR count). The van der Waals surface area contributed by atoms with Crippen molar-refractivity contribution in [3.63, 3.8) is 0 Å². The zero-order chi connectivity index (χ0) is 13.5. The fraction of sp³-hybridized carbons (Fsp3) is 0.800. The first kappa shape index (κ1) is 14.4. The summed E-state index contributed by atoms with van der Waals surface area (Å²) >= 11 is 0. The van der Waals surface area contributed by atoms with Gasteiger partial charge in [0.15, 0.2) is 0 Å². The van der Waals surface area contributed by atoms with Crippen molar-refractivity contribution in [3.05, 3.63) is 11.9 Å². The Bertz CT molecular complexity index is 367. The highest BCUT2D eigenvalue weighted by Gasteiger charge is 2.14. The summed E-state index contributed by atoms with van der Waals surface area (Å²) < 4.78 is 7.36. The number of aryl methyl sites for hydroxylation is 2. The van der Waals surface area contributed by atoms with Crippen LogP contribution in [0.25, 0.3) is 0 Å². The normalized spacial score (nSPS) is 17.4. The molecule has 0 atom stereocenters. The van der Waals surface area contributed by atoms with Gasteiger partial charge in [-0.2, -0.15) is 0 Å². The average molecular weight is 265 g/mol. The smallest absolute Gasteiger partial charge is 0.203 e. The van der Waals surface area contributed by atoms with Gasteiger partial charge in [-0.1, -0.05) is 25.7 Å². The lowest BCUT2D eigenvalue weighted by Crippen LogP contribution is -2.21. The number of aromatic nitrogens is 2. The number of hydrogen-bond acceptors (Lipinski definition) is 3. The second kappa shape index (κ2) is 7.53. The molecule has 1 fully saturated rings. The third-order valence-electron chi connectivity index (χ3n) is 3.83. The van der Waals surface area contributed by atoms with Gasteiger partial charge in [-0.15, -0.1) is 0 Å². The minimum atomic E-state index is 0.602. The molecule has 108 valence electrons. The van der Waals surface area contributed by atoms with Crippen molar-refractivity contribution in [1.82, 2.24) is 9.55 Å². The molecule has 0 saturated heterocycles. The van der Waals surface area contributed by atoms with E-state index >= 15 is 0 Å². The molecule has 0 radical (unpaired) electrons. The molecular weight excluding hydrogens is 238 g/mol. The maximum atomic E-state index is 5.12. The predicted octanol–water partition coefficient (Wildman–Crippen LogP) is 3.36. The number of imidazole rings is 1. The lowest BCUT2D eigenvalue weighted by Gasteiger charge is -2.18. The number of hydrogen-bond donors (Lipinski definition) is 1. The van der Waals surface area contributed by atoms with E-state index in [2.05, 4.69) is 28.0 Å². The summed E-state index contributed by atoms with van der Waals surface area (Å²) in [6, 6.07) is 0.602. The Kier molecular flexibility index (Phi) is 5.70. The molecular formula is C15H27N3O. The second-order valence-corrected chi connectivity index (χ2v) is 5.58. The zero-order valence-corrected chi connectivity index (χ0v) is 12.3. The summed E-state index contributed by atoms with van der Waals surface area (Å²) in [6.45, 7) is 3.84. The highest BCUT2D eigenvalue weighted by Crippen LogP contribution is 2.21. The Morgan fingerprint density at radius 3 is 2.74 bits per heavy atom.